The molecule has 2 aromatic rings. The first kappa shape index (κ1) is 14.3. The molecule has 20 heavy (non-hydrogen) atoms. The number of hydrogen-bond acceptors (Lipinski definition) is 4. The molecular weight excluding hydrogens is 248 g/mol. The summed E-state index contributed by atoms with van der Waals surface area (Å²) in [7, 11) is 0. The summed E-state index contributed by atoms with van der Waals surface area (Å²) in [6.45, 7) is 8.21. The Morgan fingerprint density at radius 3 is 2.55 bits per heavy atom. The SMILES string of the molecule is CCc1ccccc1Nc1nc(C(C)C)nc(N)c1C. The second-order valence-electron chi connectivity index (χ2n) is 5.23. The average molecular weight is 270 g/mol. The molecule has 1 aromatic carbocycles. The first-order valence-corrected chi connectivity index (χ1v) is 7.01. The van der Waals surface area contributed by atoms with Gasteiger partial charge in [-0.1, -0.05) is 39.0 Å². The maximum Gasteiger partial charge on any atom is 0.139 e. The Morgan fingerprint density at radius 1 is 1.20 bits per heavy atom. The molecule has 1 heterocycles. The first-order valence-electron chi connectivity index (χ1n) is 7.01. The summed E-state index contributed by atoms with van der Waals surface area (Å²) in [6, 6.07) is 8.24. The monoisotopic (exact) mass is 270 g/mol. The minimum absolute atomic E-state index is 0.250. The normalized spacial score (nSPS) is 10.8. The number of nitrogens with two attached hydrogens (primary N) is 1. The Morgan fingerprint density at radius 2 is 1.90 bits per heavy atom. The Balaban J connectivity index is 2.42. The molecule has 106 valence electrons. The van der Waals surface area contributed by atoms with Gasteiger partial charge in [0.05, 0.1) is 0 Å². The van der Waals surface area contributed by atoms with Gasteiger partial charge >= 0.3 is 0 Å². The predicted octanol–water partition coefficient (Wildman–Crippen LogP) is 3.80. The van der Waals surface area contributed by atoms with Gasteiger partial charge in [-0.25, -0.2) is 9.97 Å². The largest absolute Gasteiger partial charge is 0.383 e. The predicted molar refractivity (Wildman–Crippen MR) is 84.4 cm³/mol. The van der Waals surface area contributed by atoms with Gasteiger partial charge in [-0.15, -0.1) is 0 Å². The van der Waals surface area contributed by atoms with Crippen molar-refractivity contribution in [2.75, 3.05) is 11.1 Å². The summed E-state index contributed by atoms with van der Waals surface area (Å²) in [5.74, 6) is 2.35. The molecule has 0 aliphatic rings. The van der Waals surface area contributed by atoms with Crippen LogP contribution in [0.15, 0.2) is 24.3 Å². The lowest BCUT2D eigenvalue weighted by atomic mass is 10.1. The number of nitrogens with one attached hydrogen (secondary N) is 1. The zero-order valence-corrected chi connectivity index (χ0v) is 12.6. The molecule has 0 aliphatic heterocycles. The van der Waals surface area contributed by atoms with Crippen LogP contribution < -0.4 is 11.1 Å². The highest BCUT2D eigenvalue weighted by Crippen LogP contribution is 2.26. The highest BCUT2D eigenvalue weighted by atomic mass is 15.1. The molecule has 0 spiro atoms. The third kappa shape index (κ3) is 2.90. The second-order valence-corrected chi connectivity index (χ2v) is 5.23. The average Bonchev–Trinajstić information content (AvgIpc) is 2.44. The van der Waals surface area contributed by atoms with E-state index in [0.29, 0.717) is 5.82 Å². The van der Waals surface area contributed by atoms with Crippen molar-refractivity contribution in [1.29, 1.82) is 0 Å². The lowest BCUT2D eigenvalue weighted by Gasteiger charge is -2.15. The van der Waals surface area contributed by atoms with Gasteiger partial charge in [0.1, 0.15) is 17.5 Å². The molecule has 4 nitrogen and oxygen atoms in total. The van der Waals surface area contributed by atoms with E-state index in [4.69, 9.17) is 5.73 Å². The molecule has 0 amide bonds. The van der Waals surface area contributed by atoms with Gasteiger partial charge in [0.25, 0.3) is 0 Å². The fraction of sp³-hybridized carbons (Fsp3) is 0.375. The van der Waals surface area contributed by atoms with Crippen molar-refractivity contribution < 1.29 is 0 Å². The Kier molecular flexibility index (Phi) is 4.23. The molecule has 2 rings (SSSR count). The van der Waals surface area contributed by atoms with Crippen LogP contribution in [-0.2, 0) is 6.42 Å². The Hall–Kier alpha value is -2.10. The van der Waals surface area contributed by atoms with E-state index in [1.807, 2.05) is 19.1 Å². The minimum Gasteiger partial charge on any atom is -0.383 e. The molecule has 3 N–H and O–H groups in total. The molecule has 0 unspecified atom stereocenters. The smallest absolute Gasteiger partial charge is 0.139 e. The maximum absolute atomic E-state index is 5.99. The van der Waals surface area contributed by atoms with Crippen molar-refractivity contribution in [3.05, 3.63) is 41.2 Å². The van der Waals surface area contributed by atoms with E-state index in [-0.39, 0.29) is 5.92 Å². The maximum atomic E-state index is 5.99. The van der Waals surface area contributed by atoms with E-state index in [0.717, 1.165) is 29.3 Å². The molecule has 0 saturated heterocycles. The number of para-hydroxylation sites is 1. The molecular formula is C16H22N4. The van der Waals surface area contributed by atoms with Gasteiger partial charge in [-0.2, -0.15) is 0 Å². The zero-order valence-electron chi connectivity index (χ0n) is 12.6. The number of aromatic nitrogens is 2. The van der Waals surface area contributed by atoms with Gasteiger partial charge in [0, 0.05) is 17.2 Å². The standard InChI is InChI=1S/C16H22N4/c1-5-12-8-6-7-9-13(12)18-16-11(4)14(17)19-15(20-16)10(2)3/h6-10H,5H2,1-4H3,(H3,17,18,19,20). The van der Waals surface area contributed by atoms with E-state index in [9.17, 15) is 0 Å². The lowest BCUT2D eigenvalue weighted by Crippen LogP contribution is -2.08. The number of nitrogens with zero attached hydrogens (tertiary/aromatic N) is 2. The van der Waals surface area contributed by atoms with E-state index < -0.39 is 0 Å². The van der Waals surface area contributed by atoms with Crippen LogP contribution in [0.2, 0.25) is 0 Å². The number of nitrogen functional groups attached to an aromatic ring is 1. The summed E-state index contributed by atoms with van der Waals surface area (Å²) in [5.41, 5.74) is 9.22. The number of anilines is 3. The topological polar surface area (TPSA) is 63.8 Å². The van der Waals surface area contributed by atoms with Crippen molar-refractivity contribution in [3.63, 3.8) is 0 Å². The molecule has 1 aromatic heterocycles. The fourth-order valence-electron chi connectivity index (χ4n) is 2.01. The summed E-state index contributed by atoms with van der Waals surface area (Å²) in [5, 5.41) is 3.40. The van der Waals surface area contributed by atoms with Crippen LogP contribution in [-0.4, -0.2) is 9.97 Å². The Bertz CT molecular complexity index is 605. The van der Waals surface area contributed by atoms with Crippen LogP contribution in [0.3, 0.4) is 0 Å². The second kappa shape index (κ2) is 5.90. The van der Waals surface area contributed by atoms with Gasteiger partial charge in [0.2, 0.25) is 0 Å². The quantitative estimate of drug-likeness (QED) is 0.887. The van der Waals surface area contributed by atoms with Gasteiger partial charge < -0.3 is 11.1 Å². The summed E-state index contributed by atoms with van der Waals surface area (Å²) < 4.78 is 0. The number of benzene rings is 1. The number of hydrogen-bond donors (Lipinski definition) is 2. The lowest BCUT2D eigenvalue weighted by molar-refractivity contribution is 0.776. The van der Waals surface area contributed by atoms with E-state index in [1.165, 1.54) is 5.56 Å². The van der Waals surface area contributed by atoms with Crippen LogP contribution in [0.1, 0.15) is 43.6 Å². The highest BCUT2D eigenvalue weighted by molar-refractivity contribution is 5.66. The molecule has 0 saturated carbocycles. The van der Waals surface area contributed by atoms with Gasteiger partial charge in [-0.05, 0) is 25.0 Å². The number of aryl methyl sites for hydroxylation is 1. The fourth-order valence-corrected chi connectivity index (χ4v) is 2.01. The Labute approximate surface area is 120 Å². The van der Waals surface area contributed by atoms with Crippen molar-refractivity contribution >= 4 is 17.3 Å². The molecule has 0 fully saturated rings. The molecule has 0 aliphatic carbocycles. The molecule has 4 heteroatoms. The zero-order chi connectivity index (χ0) is 14.7. The van der Waals surface area contributed by atoms with E-state index in [1.54, 1.807) is 0 Å². The summed E-state index contributed by atoms with van der Waals surface area (Å²) in [6.07, 6.45) is 0.972. The van der Waals surface area contributed by atoms with Crippen molar-refractivity contribution in [3.8, 4) is 0 Å². The van der Waals surface area contributed by atoms with Crippen molar-refractivity contribution in [1.82, 2.24) is 9.97 Å². The molecule has 0 atom stereocenters. The van der Waals surface area contributed by atoms with E-state index in [2.05, 4.69) is 48.2 Å². The van der Waals surface area contributed by atoms with Crippen LogP contribution in [0.4, 0.5) is 17.3 Å². The van der Waals surface area contributed by atoms with Gasteiger partial charge in [0.15, 0.2) is 0 Å². The molecule has 0 radical (unpaired) electrons. The van der Waals surface area contributed by atoms with Crippen molar-refractivity contribution in [2.45, 2.75) is 40.0 Å². The van der Waals surface area contributed by atoms with Crippen LogP contribution in [0.5, 0.6) is 0 Å². The van der Waals surface area contributed by atoms with Crippen LogP contribution in [0.25, 0.3) is 0 Å². The first-order chi connectivity index (χ1) is 9.52. The van der Waals surface area contributed by atoms with Crippen LogP contribution >= 0.6 is 0 Å². The van der Waals surface area contributed by atoms with Crippen LogP contribution in [0, 0.1) is 6.92 Å². The minimum atomic E-state index is 0.250. The third-order valence-corrected chi connectivity index (χ3v) is 3.37. The highest BCUT2D eigenvalue weighted by Gasteiger charge is 2.12. The van der Waals surface area contributed by atoms with E-state index >= 15 is 0 Å². The van der Waals surface area contributed by atoms with Crippen molar-refractivity contribution in [2.24, 2.45) is 0 Å². The summed E-state index contributed by atoms with van der Waals surface area (Å²) in [4.78, 5) is 8.94. The number of rotatable bonds is 4. The molecule has 0 bridgehead atoms. The third-order valence-electron chi connectivity index (χ3n) is 3.37. The van der Waals surface area contributed by atoms with Gasteiger partial charge in [-0.3, -0.25) is 0 Å². The summed E-state index contributed by atoms with van der Waals surface area (Å²) >= 11 is 0.